The minimum absolute atomic E-state index is 0.0524. The predicted octanol–water partition coefficient (Wildman–Crippen LogP) is 2.32. The van der Waals surface area contributed by atoms with Crippen LogP contribution in [0, 0.1) is 0 Å². The smallest absolute Gasteiger partial charge is 0.287 e. The standard InChI is InChI=1S/C12H9ClN4O2S/c13-8-4-5-9-10(7-8)20(18,19)17-12(15-9)16-11-3-1-2-6-14-11/h1-7H,(H2,14,15,16,17). The quantitative estimate of drug-likeness (QED) is 0.844. The van der Waals surface area contributed by atoms with Gasteiger partial charge in [-0.05, 0) is 30.3 Å². The molecule has 102 valence electrons. The number of nitrogens with zero attached hydrogens (tertiary/aromatic N) is 2. The molecule has 2 N–H and O–H groups in total. The van der Waals surface area contributed by atoms with E-state index in [2.05, 4.69) is 20.0 Å². The van der Waals surface area contributed by atoms with Crippen LogP contribution in [-0.2, 0) is 10.0 Å². The van der Waals surface area contributed by atoms with Gasteiger partial charge in [-0.25, -0.2) is 4.98 Å². The third-order valence-corrected chi connectivity index (χ3v) is 4.15. The number of aromatic nitrogens is 1. The van der Waals surface area contributed by atoms with Gasteiger partial charge in [0.15, 0.2) is 0 Å². The topological polar surface area (TPSA) is 83.5 Å². The minimum atomic E-state index is -3.78. The Morgan fingerprint density at radius 2 is 2.05 bits per heavy atom. The Morgan fingerprint density at radius 3 is 2.80 bits per heavy atom. The Morgan fingerprint density at radius 1 is 1.20 bits per heavy atom. The van der Waals surface area contributed by atoms with Crippen LogP contribution in [0.5, 0.6) is 0 Å². The van der Waals surface area contributed by atoms with Crippen LogP contribution in [0.15, 0.2) is 51.9 Å². The Bertz CT molecular complexity index is 790. The molecular weight excluding hydrogens is 300 g/mol. The molecule has 1 aromatic carbocycles. The second-order valence-corrected chi connectivity index (χ2v) is 6.03. The van der Waals surface area contributed by atoms with Gasteiger partial charge in [0.2, 0.25) is 5.96 Å². The van der Waals surface area contributed by atoms with Crippen molar-refractivity contribution < 1.29 is 8.42 Å². The van der Waals surface area contributed by atoms with Gasteiger partial charge in [-0.2, -0.15) is 8.42 Å². The summed E-state index contributed by atoms with van der Waals surface area (Å²) >= 11 is 5.80. The Labute approximate surface area is 120 Å². The van der Waals surface area contributed by atoms with Gasteiger partial charge in [-0.15, -0.1) is 4.40 Å². The maximum atomic E-state index is 12.1. The average molecular weight is 309 g/mol. The second-order valence-electron chi connectivity index (χ2n) is 4.02. The van der Waals surface area contributed by atoms with E-state index < -0.39 is 10.0 Å². The molecule has 1 aromatic heterocycles. The molecule has 1 aliphatic rings. The van der Waals surface area contributed by atoms with Crippen LogP contribution >= 0.6 is 11.6 Å². The van der Waals surface area contributed by atoms with Crippen molar-refractivity contribution in [1.82, 2.24) is 4.98 Å². The Balaban J connectivity index is 1.98. The van der Waals surface area contributed by atoms with Gasteiger partial charge < -0.3 is 10.6 Å². The molecule has 0 radical (unpaired) electrons. The zero-order valence-corrected chi connectivity index (χ0v) is 11.6. The first-order valence-corrected chi connectivity index (χ1v) is 7.46. The summed E-state index contributed by atoms with van der Waals surface area (Å²) in [5.74, 6) is 0.588. The van der Waals surface area contributed by atoms with Crippen LogP contribution in [0.1, 0.15) is 0 Å². The summed E-state index contributed by atoms with van der Waals surface area (Å²) in [6.07, 6.45) is 1.59. The lowest BCUT2D eigenvalue weighted by Gasteiger charge is -2.18. The molecule has 0 unspecified atom stereocenters. The van der Waals surface area contributed by atoms with Crippen LogP contribution in [0.4, 0.5) is 11.5 Å². The maximum absolute atomic E-state index is 12.1. The van der Waals surface area contributed by atoms with Gasteiger partial charge in [0.25, 0.3) is 10.0 Å². The van der Waals surface area contributed by atoms with E-state index in [9.17, 15) is 8.42 Å². The fourth-order valence-electron chi connectivity index (χ4n) is 1.74. The van der Waals surface area contributed by atoms with Crippen molar-refractivity contribution in [2.24, 2.45) is 4.40 Å². The number of hydrogen-bond acceptors (Lipinski definition) is 5. The summed E-state index contributed by atoms with van der Waals surface area (Å²) in [5.41, 5.74) is 0.419. The first kappa shape index (κ1) is 12.9. The molecular formula is C12H9ClN4O2S. The summed E-state index contributed by atoms with van der Waals surface area (Å²) in [4.78, 5) is 4.10. The van der Waals surface area contributed by atoms with E-state index in [1.54, 1.807) is 36.5 Å². The van der Waals surface area contributed by atoms with Gasteiger partial charge in [0, 0.05) is 11.2 Å². The lowest BCUT2D eigenvalue weighted by molar-refractivity contribution is 0.598. The fraction of sp³-hybridized carbons (Fsp3) is 0. The van der Waals surface area contributed by atoms with Crippen molar-refractivity contribution >= 4 is 39.1 Å². The molecule has 6 nitrogen and oxygen atoms in total. The highest BCUT2D eigenvalue weighted by Gasteiger charge is 2.25. The van der Waals surface area contributed by atoms with Crippen LogP contribution in [0.25, 0.3) is 0 Å². The first-order chi connectivity index (χ1) is 9.54. The molecule has 2 aromatic rings. The van der Waals surface area contributed by atoms with E-state index in [0.717, 1.165) is 0 Å². The predicted molar refractivity (Wildman–Crippen MR) is 77.6 cm³/mol. The number of hydrogen-bond donors (Lipinski definition) is 2. The SMILES string of the molecule is O=S1(=O)N=C(Nc2ccccn2)Nc2ccc(Cl)cc21. The highest BCUT2D eigenvalue weighted by molar-refractivity contribution is 7.90. The van der Waals surface area contributed by atoms with E-state index >= 15 is 0 Å². The van der Waals surface area contributed by atoms with Crippen molar-refractivity contribution in [2.75, 3.05) is 10.6 Å². The Hall–Kier alpha value is -2.12. The van der Waals surface area contributed by atoms with Crippen LogP contribution < -0.4 is 10.6 Å². The van der Waals surface area contributed by atoms with Crippen LogP contribution in [-0.4, -0.2) is 19.4 Å². The third-order valence-electron chi connectivity index (χ3n) is 2.60. The minimum Gasteiger partial charge on any atom is -0.324 e. The monoisotopic (exact) mass is 308 g/mol. The molecule has 20 heavy (non-hydrogen) atoms. The van der Waals surface area contributed by atoms with Gasteiger partial charge in [0.1, 0.15) is 10.7 Å². The van der Waals surface area contributed by atoms with Crippen molar-refractivity contribution in [1.29, 1.82) is 0 Å². The summed E-state index contributed by atoms with van der Waals surface area (Å²) in [5, 5.41) is 6.04. The molecule has 0 atom stereocenters. The fourth-order valence-corrected chi connectivity index (χ4v) is 3.08. The number of rotatable bonds is 1. The molecule has 3 rings (SSSR count). The summed E-state index contributed by atoms with van der Waals surface area (Å²) < 4.78 is 27.8. The summed E-state index contributed by atoms with van der Waals surface area (Å²) in [6, 6.07) is 9.79. The zero-order valence-electron chi connectivity index (χ0n) is 10.0. The van der Waals surface area contributed by atoms with Crippen molar-refractivity contribution in [3.63, 3.8) is 0 Å². The van der Waals surface area contributed by atoms with E-state index in [-0.39, 0.29) is 10.9 Å². The highest BCUT2D eigenvalue weighted by Crippen LogP contribution is 2.29. The van der Waals surface area contributed by atoms with E-state index in [1.807, 2.05) is 0 Å². The molecule has 0 spiro atoms. The second kappa shape index (κ2) is 4.77. The molecule has 2 heterocycles. The van der Waals surface area contributed by atoms with Gasteiger partial charge >= 0.3 is 0 Å². The van der Waals surface area contributed by atoms with Crippen LogP contribution in [0.2, 0.25) is 5.02 Å². The van der Waals surface area contributed by atoms with Gasteiger partial charge in [0.05, 0.1) is 5.69 Å². The van der Waals surface area contributed by atoms with E-state index in [1.165, 1.54) is 6.07 Å². The normalized spacial score (nSPS) is 15.8. The van der Waals surface area contributed by atoms with Crippen molar-refractivity contribution in [3.8, 4) is 0 Å². The molecule has 0 aliphatic carbocycles. The molecule has 8 heteroatoms. The Kier molecular flexibility index (Phi) is 3.07. The largest absolute Gasteiger partial charge is 0.324 e. The number of halogens is 1. The average Bonchev–Trinajstić information content (AvgIpc) is 2.40. The van der Waals surface area contributed by atoms with Crippen molar-refractivity contribution in [2.45, 2.75) is 4.90 Å². The maximum Gasteiger partial charge on any atom is 0.287 e. The molecule has 0 fully saturated rings. The number of fused-ring (bicyclic) bond motifs is 1. The van der Waals surface area contributed by atoms with Crippen molar-refractivity contribution in [3.05, 3.63) is 47.6 Å². The number of anilines is 2. The lowest BCUT2D eigenvalue weighted by Crippen LogP contribution is -2.28. The first-order valence-electron chi connectivity index (χ1n) is 5.64. The van der Waals surface area contributed by atoms with E-state index in [4.69, 9.17) is 11.6 Å². The summed E-state index contributed by atoms with van der Waals surface area (Å²) in [6.45, 7) is 0. The third kappa shape index (κ3) is 2.45. The number of guanidine groups is 1. The van der Waals surface area contributed by atoms with E-state index in [0.29, 0.717) is 16.5 Å². The van der Waals surface area contributed by atoms with Gasteiger partial charge in [-0.3, -0.25) is 0 Å². The molecule has 0 amide bonds. The zero-order chi connectivity index (χ0) is 14.2. The number of benzene rings is 1. The number of nitrogens with one attached hydrogen (secondary N) is 2. The molecule has 1 aliphatic heterocycles. The molecule has 0 bridgehead atoms. The summed E-state index contributed by atoms with van der Waals surface area (Å²) in [7, 11) is -3.78. The molecule has 0 saturated heterocycles. The molecule has 0 saturated carbocycles. The number of sulfonamides is 1. The van der Waals surface area contributed by atoms with Gasteiger partial charge in [-0.1, -0.05) is 17.7 Å². The van der Waals surface area contributed by atoms with Crippen LogP contribution in [0.3, 0.4) is 0 Å². The number of pyridine rings is 1. The lowest BCUT2D eigenvalue weighted by atomic mass is 10.3. The highest BCUT2D eigenvalue weighted by atomic mass is 35.5.